The van der Waals surface area contributed by atoms with Gasteiger partial charge in [0, 0.05) is 28.1 Å². The van der Waals surface area contributed by atoms with Crippen LogP contribution in [0.4, 0.5) is 5.82 Å². The number of hydrogen-bond acceptors (Lipinski definition) is 2. The van der Waals surface area contributed by atoms with Crippen molar-refractivity contribution in [1.82, 2.24) is 4.98 Å². The van der Waals surface area contributed by atoms with Crippen molar-refractivity contribution in [2.45, 2.75) is 6.42 Å². The van der Waals surface area contributed by atoms with Crippen LogP contribution in [0.3, 0.4) is 0 Å². The fourth-order valence-corrected chi connectivity index (χ4v) is 2.39. The molecule has 1 amide bonds. The molecular formula is C10H10BrIN2O. The number of nitrogens with zero attached hydrogens (tertiary/aromatic N) is 2. The molecule has 0 spiro atoms. The number of anilines is 1. The lowest BCUT2D eigenvalue weighted by Crippen LogP contribution is -2.25. The van der Waals surface area contributed by atoms with E-state index in [-0.39, 0.29) is 5.91 Å². The number of carbonyl (C=O) groups is 1. The molecule has 1 aromatic heterocycles. The summed E-state index contributed by atoms with van der Waals surface area (Å²) in [7, 11) is 0. The Labute approximate surface area is 111 Å². The summed E-state index contributed by atoms with van der Waals surface area (Å²) < 4.78 is 1.08. The van der Waals surface area contributed by atoms with Gasteiger partial charge in [0.25, 0.3) is 0 Å². The third kappa shape index (κ3) is 2.50. The Kier molecular flexibility index (Phi) is 3.60. The molecule has 0 saturated carbocycles. The quantitative estimate of drug-likeness (QED) is 0.583. The standard InChI is InChI=1S/C10H10BrIN2O/c11-4-7-3-10(15)14(6-7)9-2-1-8(12)5-13-9/h1-2,5,7H,3-4,6H2. The summed E-state index contributed by atoms with van der Waals surface area (Å²) in [5.74, 6) is 1.36. The summed E-state index contributed by atoms with van der Waals surface area (Å²) in [5.41, 5.74) is 0. The molecule has 0 radical (unpaired) electrons. The van der Waals surface area contributed by atoms with Crippen LogP contribution in [0.5, 0.6) is 0 Å². The number of halogens is 2. The van der Waals surface area contributed by atoms with E-state index in [1.54, 1.807) is 11.1 Å². The van der Waals surface area contributed by atoms with Gasteiger partial charge in [-0.2, -0.15) is 0 Å². The maximum atomic E-state index is 11.7. The summed E-state index contributed by atoms with van der Waals surface area (Å²) in [4.78, 5) is 17.7. The van der Waals surface area contributed by atoms with Crippen molar-refractivity contribution < 1.29 is 4.79 Å². The van der Waals surface area contributed by atoms with E-state index in [0.29, 0.717) is 12.3 Å². The van der Waals surface area contributed by atoms with Crippen molar-refractivity contribution in [2.75, 3.05) is 16.8 Å². The number of pyridine rings is 1. The van der Waals surface area contributed by atoms with Crippen molar-refractivity contribution in [3.8, 4) is 0 Å². The van der Waals surface area contributed by atoms with Gasteiger partial charge in [0.1, 0.15) is 5.82 Å². The molecule has 0 aromatic carbocycles. The zero-order chi connectivity index (χ0) is 10.8. The summed E-state index contributed by atoms with van der Waals surface area (Å²) in [6.45, 7) is 0.775. The highest BCUT2D eigenvalue weighted by atomic mass is 127. The second kappa shape index (κ2) is 4.78. The molecule has 80 valence electrons. The van der Waals surface area contributed by atoms with Crippen molar-refractivity contribution in [1.29, 1.82) is 0 Å². The van der Waals surface area contributed by atoms with Gasteiger partial charge in [-0.05, 0) is 40.6 Å². The highest BCUT2D eigenvalue weighted by Crippen LogP contribution is 2.24. The van der Waals surface area contributed by atoms with Gasteiger partial charge in [-0.3, -0.25) is 9.69 Å². The molecule has 0 N–H and O–H groups in total. The van der Waals surface area contributed by atoms with E-state index in [9.17, 15) is 4.79 Å². The summed E-state index contributed by atoms with van der Waals surface area (Å²) >= 11 is 5.62. The topological polar surface area (TPSA) is 33.2 Å². The van der Waals surface area contributed by atoms with Gasteiger partial charge in [-0.15, -0.1) is 0 Å². The Hall–Kier alpha value is -0.170. The van der Waals surface area contributed by atoms with Gasteiger partial charge in [-0.1, -0.05) is 15.9 Å². The summed E-state index contributed by atoms with van der Waals surface area (Å²) in [5, 5.41) is 0.875. The first-order chi connectivity index (χ1) is 7.20. The molecule has 15 heavy (non-hydrogen) atoms. The van der Waals surface area contributed by atoms with Crippen LogP contribution in [0.25, 0.3) is 0 Å². The van der Waals surface area contributed by atoms with E-state index in [1.165, 1.54) is 0 Å². The summed E-state index contributed by atoms with van der Waals surface area (Å²) in [6.07, 6.45) is 2.41. The second-order valence-electron chi connectivity index (χ2n) is 3.56. The molecule has 1 unspecified atom stereocenters. The van der Waals surface area contributed by atoms with Crippen LogP contribution in [-0.2, 0) is 4.79 Å². The number of hydrogen-bond donors (Lipinski definition) is 0. The first-order valence-electron chi connectivity index (χ1n) is 4.68. The van der Waals surface area contributed by atoms with Gasteiger partial charge in [-0.25, -0.2) is 4.98 Å². The molecule has 1 aliphatic heterocycles. The van der Waals surface area contributed by atoms with Crippen LogP contribution < -0.4 is 4.90 Å². The molecule has 1 saturated heterocycles. The molecule has 3 nitrogen and oxygen atoms in total. The van der Waals surface area contributed by atoms with Crippen molar-refractivity contribution >= 4 is 50.2 Å². The lowest BCUT2D eigenvalue weighted by atomic mass is 10.2. The molecule has 5 heteroatoms. The molecule has 1 aliphatic rings. The van der Waals surface area contributed by atoms with Gasteiger partial charge >= 0.3 is 0 Å². The molecule has 1 fully saturated rings. The Balaban J connectivity index is 2.18. The highest BCUT2D eigenvalue weighted by molar-refractivity contribution is 14.1. The normalized spacial score (nSPS) is 21.1. The van der Waals surface area contributed by atoms with E-state index < -0.39 is 0 Å². The summed E-state index contributed by atoms with van der Waals surface area (Å²) in [6, 6.07) is 3.87. The first-order valence-corrected chi connectivity index (χ1v) is 6.88. The zero-order valence-electron chi connectivity index (χ0n) is 7.99. The predicted octanol–water partition coefficient (Wildman–Crippen LogP) is 2.43. The third-order valence-electron chi connectivity index (χ3n) is 2.41. The van der Waals surface area contributed by atoms with E-state index in [0.717, 1.165) is 21.3 Å². The van der Waals surface area contributed by atoms with Crippen LogP contribution in [-0.4, -0.2) is 22.8 Å². The zero-order valence-corrected chi connectivity index (χ0v) is 11.7. The van der Waals surface area contributed by atoms with Crippen LogP contribution in [0.1, 0.15) is 6.42 Å². The predicted molar refractivity (Wildman–Crippen MR) is 71.2 cm³/mol. The lowest BCUT2D eigenvalue weighted by Gasteiger charge is -2.14. The van der Waals surface area contributed by atoms with Crippen molar-refractivity contribution in [3.63, 3.8) is 0 Å². The average molecular weight is 381 g/mol. The molecule has 1 atom stereocenters. The Morgan fingerprint density at radius 3 is 2.93 bits per heavy atom. The number of carbonyl (C=O) groups excluding carboxylic acids is 1. The average Bonchev–Trinajstić information content (AvgIpc) is 2.61. The lowest BCUT2D eigenvalue weighted by molar-refractivity contribution is -0.117. The van der Waals surface area contributed by atoms with Gasteiger partial charge in [0.05, 0.1) is 0 Å². The Bertz CT molecular complexity index is 368. The van der Waals surface area contributed by atoms with Crippen molar-refractivity contribution in [2.24, 2.45) is 5.92 Å². The fourth-order valence-electron chi connectivity index (χ4n) is 1.63. The highest BCUT2D eigenvalue weighted by Gasteiger charge is 2.30. The SMILES string of the molecule is O=C1CC(CBr)CN1c1ccc(I)cn1. The molecule has 0 aliphatic carbocycles. The minimum Gasteiger partial charge on any atom is -0.297 e. The van der Waals surface area contributed by atoms with Crippen LogP contribution in [0.2, 0.25) is 0 Å². The number of aromatic nitrogens is 1. The molecule has 1 aromatic rings. The second-order valence-corrected chi connectivity index (χ2v) is 5.46. The smallest absolute Gasteiger partial charge is 0.228 e. The monoisotopic (exact) mass is 380 g/mol. The van der Waals surface area contributed by atoms with Crippen LogP contribution in [0.15, 0.2) is 18.3 Å². The van der Waals surface area contributed by atoms with Gasteiger partial charge in [0.15, 0.2) is 0 Å². The van der Waals surface area contributed by atoms with E-state index in [4.69, 9.17) is 0 Å². The van der Waals surface area contributed by atoms with Crippen molar-refractivity contribution in [3.05, 3.63) is 21.9 Å². The number of rotatable bonds is 2. The molecule has 0 bridgehead atoms. The van der Waals surface area contributed by atoms with E-state index in [2.05, 4.69) is 43.5 Å². The largest absolute Gasteiger partial charge is 0.297 e. The van der Waals surface area contributed by atoms with Gasteiger partial charge < -0.3 is 0 Å². The third-order valence-corrected chi connectivity index (χ3v) is 3.97. The maximum Gasteiger partial charge on any atom is 0.228 e. The Morgan fingerprint density at radius 1 is 1.60 bits per heavy atom. The number of amides is 1. The van der Waals surface area contributed by atoms with E-state index >= 15 is 0 Å². The van der Waals surface area contributed by atoms with Crippen LogP contribution in [0, 0.1) is 9.49 Å². The van der Waals surface area contributed by atoms with Gasteiger partial charge in [0.2, 0.25) is 5.91 Å². The minimum absolute atomic E-state index is 0.174. The first kappa shape index (κ1) is 11.3. The minimum atomic E-state index is 0.174. The Morgan fingerprint density at radius 2 is 2.40 bits per heavy atom. The molecule has 2 heterocycles. The van der Waals surface area contributed by atoms with Crippen LogP contribution >= 0.6 is 38.5 Å². The molecule has 2 rings (SSSR count). The molecular weight excluding hydrogens is 371 g/mol. The van der Waals surface area contributed by atoms with E-state index in [1.807, 2.05) is 12.1 Å². The number of alkyl halides is 1. The fraction of sp³-hybridized carbons (Fsp3) is 0.400. The maximum absolute atomic E-state index is 11.7.